The molecule has 8 heteroatoms. The Morgan fingerprint density at radius 1 is 1.35 bits per heavy atom. The first-order valence-electron chi connectivity index (χ1n) is 5.78. The minimum atomic E-state index is -0.783. The Kier molecular flexibility index (Phi) is 6.14. The van der Waals surface area contributed by atoms with Gasteiger partial charge >= 0.3 is 6.03 Å². The number of urea groups is 1. The highest BCUT2D eigenvalue weighted by molar-refractivity contribution is 14.0. The van der Waals surface area contributed by atoms with Gasteiger partial charge < -0.3 is 20.7 Å². The van der Waals surface area contributed by atoms with Crippen molar-refractivity contribution in [3.05, 3.63) is 30.1 Å². The molecule has 0 bridgehead atoms. The lowest BCUT2D eigenvalue weighted by Gasteiger charge is -2.33. The van der Waals surface area contributed by atoms with Gasteiger partial charge in [-0.25, -0.2) is 9.18 Å². The Morgan fingerprint density at radius 2 is 2.00 bits per heavy atom. The van der Waals surface area contributed by atoms with Crippen LogP contribution in [0.2, 0.25) is 0 Å². The van der Waals surface area contributed by atoms with E-state index < -0.39 is 18.0 Å². The molecule has 1 aromatic carbocycles. The monoisotopic (exact) mass is 395 g/mol. The molecule has 1 unspecified atom stereocenters. The highest BCUT2D eigenvalue weighted by atomic mass is 127. The molecule has 0 aromatic heterocycles. The number of anilines is 1. The lowest BCUT2D eigenvalue weighted by atomic mass is 10.2. The second-order valence-electron chi connectivity index (χ2n) is 4.12. The number of nitrogens with two attached hydrogens (primary N) is 1. The van der Waals surface area contributed by atoms with Crippen molar-refractivity contribution >= 4 is 41.6 Å². The largest absolute Gasteiger partial charge is 0.377 e. The van der Waals surface area contributed by atoms with Crippen molar-refractivity contribution in [2.24, 2.45) is 5.73 Å². The molecule has 0 radical (unpaired) electrons. The van der Waals surface area contributed by atoms with E-state index in [-0.39, 0.29) is 42.9 Å². The Bertz CT molecular complexity index is 483. The number of amides is 3. The number of hydrogen-bond donors (Lipinski definition) is 2. The molecule has 6 nitrogen and oxygen atoms in total. The molecule has 0 saturated carbocycles. The zero-order valence-corrected chi connectivity index (χ0v) is 12.9. The van der Waals surface area contributed by atoms with Crippen molar-refractivity contribution in [1.82, 2.24) is 4.90 Å². The van der Waals surface area contributed by atoms with Crippen molar-refractivity contribution in [2.75, 3.05) is 25.1 Å². The number of carbonyl (C=O) groups excluding carboxylic acids is 2. The fraction of sp³-hybridized carbons (Fsp3) is 0.333. The van der Waals surface area contributed by atoms with Crippen LogP contribution in [0.5, 0.6) is 0 Å². The quantitative estimate of drug-likeness (QED) is 0.738. The number of carbonyl (C=O) groups is 2. The SMILES string of the molecule is I.NC(=O)C1COCCN1C(=O)Nc1ccc(F)cc1. The summed E-state index contributed by atoms with van der Waals surface area (Å²) in [5, 5.41) is 2.58. The summed E-state index contributed by atoms with van der Waals surface area (Å²) in [7, 11) is 0. The van der Waals surface area contributed by atoms with Crippen molar-refractivity contribution in [2.45, 2.75) is 6.04 Å². The van der Waals surface area contributed by atoms with E-state index in [0.717, 1.165) is 0 Å². The molecule has 3 N–H and O–H groups in total. The third-order valence-corrected chi connectivity index (χ3v) is 2.81. The van der Waals surface area contributed by atoms with Crippen LogP contribution in [-0.2, 0) is 9.53 Å². The zero-order valence-electron chi connectivity index (χ0n) is 10.5. The van der Waals surface area contributed by atoms with Gasteiger partial charge in [-0.2, -0.15) is 0 Å². The number of nitrogens with one attached hydrogen (secondary N) is 1. The third-order valence-electron chi connectivity index (χ3n) is 2.81. The van der Waals surface area contributed by atoms with E-state index in [9.17, 15) is 14.0 Å². The summed E-state index contributed by atoms with van der Waals surface area (Å²) in [5.74, 6) is -1.01. The van der Waals surface area contributed by atoms with E-state index >= 15 is 0 Å². The van der Waals surface area contributed by atoms with Crippen LogP contribution >= 0.6 is 24.0 Å². The van der Waals surface area contributed by atoms with Crippen molar-refractivity contribution in [3.63, 3.8) is 0 Å². The maximum absolute atomic E-state index is 12.7. The van der Waals surface area contributed by atoms with Gasteiger partial charge in [0, 0.05) is 12.2 Å². The average Bonchev–Trinajstić information content (AvgIpc) is 2.41. The molecule has 20 heavy (non-hydrogen) atoms. The van der Waals surface area contributed by atoms with Crippen LogP contribution in [0.15, 0.2) is 24.3 Å². The van der Waals surface area contributed by atoms with Crippen LogP contribution in [-0.4, -0.2) is 42.6 Å². The number of hydrogen-bond acceptors (Lipinski definition) is 3. The summed E-state index contributed by atoms with van der Waals surface area (Å²) in [5.41, 5.74) is 5.66. The summed E-state index contributed by atoms with van der Waals surface area (Å²) in [6.45, 7) is 0.716. The topological polar surface area (TPSA) is 84.7 Å². The number of nitrogens with zero attached hydrogens (tertiary/aromatic N) is 1. The van der Waals surface area contributed by atoms with Gasteiger partial charge in [0.25, 0.3) is 0 Å². The lowest BCUT2D eigenvalue weighted by Crippen LogP contribution is -2.55. The van der Waals surface area contributed by atoms with Crippen LogP contribution < -0.4 is 11.1 Å². The summed E-state index contributed by atoms with van der Waals surface area (Å²) < 4.78 is 17.9. The van der Waals surface area contributed by atoms with Gasteiger partial charge in [0.2, 0.25) is 5.91 Å². The molecule has 0 aliphatic carbocycles. The molecule has 1 aromatic rings. The molecule has 1 fully saturated rings. The first kappa shape index (κ1) is 16.6. The van der Waals surface area contributed by atoms with Crippen LogP contribution in [0.1, 0.15) is 0 Å². The van der Waals surface area contributed by atoms with Gasteiger partial charge in [0.15, 0.2) is 0 Å². The number of primary amides is 1. The van der Waals surface area contributed by atoms with Crippen molar-refractivity contribution in [3.8, 4) is 0 Å². The number of benzene rings is 1. The summed E-state index contributed by atoms with van der Waals surface area (Å²) in [4.78, 5) is 24.6. The standard InChI is InChI=1S/C12H14FN3O3.HI/c13-8-1-3-9(4-2-8)15-12(18)16-5-6-19-7-10(16)11(14)17;/h1-4,10H,5-7H2,(H2,14,17)(H,15,18);1H. The molecular formula is C12H15FIN3O3. The predicted octanol–water partition coefficient (Wildman–Crippen LogP) is 1.16. The molecule has 1 aliphatic rings. The van der Waals surface area contributed by atoms with E-state index in [4.69, 9.17) is 10.5 Å². The smallest absolute Gasteiger partial charge is 0.322 e. The molecule has 1 aliphatic heterocycles. The molecule has 1 atom stereocenters. The van der Waals surface area contributed by atoms with Gasteiger partial charge in [0.1, 0.15) is 11.9 Å². The molecular weight excluding hydrogens is 380 g/mol. The summed E-state index contributed by atoms with van der Waals surface area (Å²) in [6.07, 6.45) is 0. The number of halogens is 2. The van der Waals surface area contributed by atoms with E-state index in [2.05, 4.69) is 5.32 Å². The first-order chi connectivity index (χ1) is 9.08. The summed E-state index contributed by atoms with van der Waals surface area (Å²) >= 11 is 0. The molecule has 1 saturated heterocycles. The number of ether oxygens (including phenoxy) is 1. The van der Waals surface area contributed by atoms with Crippen molar-refractivity contribution in [1.29, 1.82) is 0 Å². The number of morpholine rings is 1. The van der Waals surface area contributed by atoms with Crippen LogP contribution in [0.25, 0.3) is 0 Å². The fourth-order valence-electron chi connectivity index (χ4n) is 1.81. The number of rotatable bonds is 2. The molecule has 3 amide bonds. The minimum Gasteiger partial charge on any atom is -0.377 e. The zero-order chi connectivity index (χ0) is 13.8. The van der Waals surface area contributed by atoms with Gasteiger partial charge in [-0.1, -0.05) is 0 Å². The van der Waals surface area contributed by atoms with Crippen LogP contribution in [0.4, 0.5) is 14.9 Å². The van der Waals surface area contributed by atoms with Crippen LogP contribution in [0.3, 0.4) is 0 Å². The Balaban J connectivity index is 0.00000200. The fourth-order valence-corrected chi connectivity index (χ4v) is 1.81. The first-order valence-corrected chi connectivity index (χ1v) is 5.78. The van der Waals surface area contributed by atoms with E-state index in [0.29, 0.717) is 12.3 Å². The summed E-state index contributed by atoms with van der Waals surface area (Å²) in [6, 6.07) is 4.11. The van der Waals surface area contributed by atoms with Gasteiger partial charge in [-0.05, 0) is 24.3 Å². The maximum Gasteiger partial charge on any atom is 0.322 e. The Labute approximate surface area is 132 Å². The normalized spacial score (nSPS) is 18.1. The minimum absolute atomic E-state index is 0. The molecule has 2 rings (SSSR count). The third kappa shape index (κ3) is 4.04. The highest BCUT2D eigenvalue weighted by Crippen LogP contribution is 2.12. The van der Waals surface area contributed by atoms with Crippen molar-refractivity contribution < 1.29 is 18.7 Å². The van der Waals surface area contributed by atoms with E-state index in [1.807, 2.05) is 0 Å². The Morgan fingerprint density at radius 3 is 2.60 bits per heavy atom. The van der Waals surface area contributed by atoms with Gasteiger partial charge in [0.05, 0.1) is 13.2 Å². The molecule has 110 valence electrons. The second kappa shape index (κ2) is 7.39. The van der Waals surface area contributed by atoms with E-state index in [1.54, 1.807) is 0 Å². The maximum atomic E-state index is 12.7. The second-order valence-corrected chi connectivity index (χ2v) is 4.12. The Hall–Kier alpha value is -1.42. The molecule has 0 spiro atoms. The van der Waals surface area contributed by atoms with E-state index in [1.165, 1.54) is 29.2 Å². The predicted molar refractivity (Wildman–Crippen MR) is 81.3 cm³/mol. The average molecular weight is 395 g/mol. The van der Waals surface area contributed by atoms with Gasteiger partial charge in [-0.3, -0.25) is 4.79 Å². The molecule has 1 heterocycles. The highest BCUT2D eigenvalue weighted by Gasteiger charge is 2.31. The van der Waals surface area contributed by atoms with Crippen LogP contribution in [0, 0.1) is 5.82 Å². The lowest BCUT2D eigenvalue weighted by molar-refractivity contribution is -0.126. The van der Waals surface area contributed by atoms with Gasteiger partial charge in [-0.15, -0.1) is 24.0 Å².